The molecule has 3 N–H and O–H groups in total. The standard InChI is InChI=1S/C10H13BrN2O3/c1-6(14)13-10-7(5-12-16-2)8(11)3-4-9(10)15/h3-4,12,15H,5H2,1-2H3,(H,13,14). The quantitative estimate of drug-likeness (QED) is 0.583. The lowest BCUT2D eigenvalue weighted by molar-refractivity contribution is -0.114. The van der Waals surface area contributed by atoms with Crippen molar-refractivity contribution in [2.24, 2.45) is 0 Å². The summed E-state index contributed by atoms with van der Waals surface area (Å²) in [5.74, 6) is -0.224. The van der Waals surface area contributed by atoms with E-state index in [4.69, 9.17) is 4.84 Å². The summed E-state index contributed by atoms with van der Waals surface area (Å²) in [7, 11) is 1.49. The summed E-state index contributed by atoms with van der Waals surface area (Å²) >= 11 is 3.34. The molecule has 1 aromatic rings. The van der Waals surface area contributed by atoms with Crippen LogP contribution in [0.15, 0.2) is 16.6 Å². The van der Waals surface area contributed by atoms with Crippen LogP contribution in [0.3, 0.4) is 0 Å². The van der Waals surface area contributed by atoms with E-state index in [0.717, 1.165) is 10.0 Å². The number of aromatic hydroxyl groups is 1. The molecule has 16 heavy (non-hydrogen) atoms. The molecular formula is C10H13BrN2O3. The molecule has 1 amide bonds. The van der Waals surface area contributed by atoms with Crippen LogP contribution in [-0.2, 0) is 16.2 Å². The summed E-state index contributed by atoms with van der Waals surface area (Å²) < 4.78 is 0.776. The minimum atomic E-state index is -0.243. The minimum Gasteiger partial charge on any atom is -0.506 e. The number of benzene rings is 1. The summed E-state index contributed by atoms with van der Waals surface area (Å²) in [4.78, 5) is 15.7. The lowest BCUT2D eigenvalue weighted by atomic mass is 10.1. The maximum Gasteiger partial charge on any atom is 0.221 e. The first-order chi connectivity index (χ1) is 7.56. The van der Waals surface area contributed by atoms with Crippen molar-refractivity contribution in [3.8, 4) is 5.75 Å². The average molecular weight is 289 g/mol. The monoisotopic (exact) mass is 288 g/mol. The number of anilines is 1. The van der Waals surface area contributed by atoms with E-state index in [9.17, 15) is 9.90 Å². The Morgan fingerprint density at radius 2 is 2.25 bits per heavy atom. The number of phenols is 1. The normalized spacial score (nSPS) is 10.2. The molecule has 88 valence electrons. The van der Waals surface area contributed by atoms with Gasteiger partial charge in [0.2, 0.25) is 5.91 Å². The second-order valence-electron chi connectivity index (χ2n) is 3.13. The van der Waals surface area contributed by atoms with Gasteiger partial charge < -0.3 is 15.3 Å². The lowest BCUT2D eigenvalue weighted by Gasteiger charge is -2.13. The zero-order chi connectivity index (χ0) is 12.1. The molecule has 1 aromatic carbocycles. The number of hydroxylamine groups is 1. The second-order valence-corrected chi connectivity index (χ2v) is 3.98. The predicted molar refractivity (Wildman–Crippen MR) is 64.0 cm³/mol. The third kappa shape index (κ3) is 3.19. The van der Waals surface area contributed by atoms with Crippen molar-refractivity contribution in [2.75, 3.05) is 12.4 Å². The Labute approximate surface area is 102 Å². The van der Waals surface area contributed by atoms with Gasteiger partial charge in [-0.2, -0.15) is 5.48 Å². The van der Waals surface area contributed by atoms with Crippen LogP contribution in [0.4, 0.5) is 5.69 Å². The van der Waals surface area contributed by atoms with Gasteiger partial charge in [0.15, 0.2) is 0 Å². The zero-order valence-electron chi connectivity index (χ0n) is 9.00. The average Bonchev–Trinajstić information content (AvgIpc) is 2.22. The number of hydrogen-bond acceptors (Lipinski definition) is 4. The Morgan fingerprint density at radius 1 is 1.56 bits per heavy atom. The van der Waals surface area contributed by atoms with Crippen molar-refractivity contribution in [3.05, 3.63) is 22.2 Å². The molecule has 1 rings (SSSR count). The van der Waals surface area contributed by atoms with Gasteiger partial charge in [-0.25, -0.2) is 0 Å². The molecule has 0 saturated carbocycles. The van der Waals surface area contributed by atoms with Crippen molar-refractivity contribution in [3.63, 3.8) is 0 Å². The summed E-state index contributed by atoms with van der Waals surface area (Å²) in [5, 5.41) is 12.2. The molecule has 0 heterocycles. The van der Waals surface area contributed by atoms with Gasteiger partial charge in [0.25, 0.3) is 0 Å². The minimum absolute atomic E-state index is 0.0197. The van der Waals surface area contributed by atoms with E-state index in [-0.39, 0.29) is 11.7 Å². The Morgan fingerprint density at radius 3 is 2.81 bits per heavy atom. The molecule has 0 atom stereocenters. The maximum absolute atomic E-state index is 11.0. The van der Waals surface area contributed by atoms with E-state index in [1.54, 1.807) is 6.07 Å². The van der Waals surface area contributed by atoms with Gasteiger partial charge >= 0.3 is 0 Å². The van der Waals surface area contributed by atoms with E-state index in [2.05, 4.69) is 26.7 Å². The molecule has 0 spiro atoms. The van der Waals surface area contributed by atoms with Gasteiger partial charge in [-0.05, 0) is 12.1 Å². The van der Waals surface area contributed by atoms with Crippen LogP contribution in [0, 0.1) is 0 Å². The van der Waals surface area contributed by atoms with Crippen LogP contribution in [0.1, 0.15) is 12.5 Å². The number of hydrogen-bond donors (Lipinski definition) is 3. The number of carbonyl (C=O) groups is 1. The molecule has 0 bridgehead atoms. The van der Waals surface area contributed by atoms with E-state index < -0.39 is 0 Å². The molecule has 0 radical (unpaired) electrons. The van der Waals surface area contributed by atoms with Gasteiger partial charge in [0.05, 0.1) is 12.8 Å². The molecule has 0 saturated heterocycles. The number of rotatable bonds is 4. The first kappa shape index (κ1) is 13.0. The lowest BCUT2D eigenvalue weighted by Crippen LogP contribution is -2.15. The topological polar surface area (TPSA) is 70.6 Å². The highest BCUT2D eigenvalue weighted by atomic mass is 79.9. The van der Waals surface area contributed by atoms with Crippen molar-refractivity contribution in [2.45, 2.75) is 13.5 Å². The fraction of sp³-hybridized carbons (Fsp3) is 0.300. The molecule has 6 heteroatoms. The van der Waals surface area contributed by atoms with E-state index >= 15 is 0 Å². The second kappa shape index (κ2) is 5.83. The third-order valence-electron chi connectivity index (χ3n) is 1.93. The Balaban J connectivity index is 3.09. The summed E-state index contributed by atoms with van der Waals surface area (Å²) in [5.41, 5.74) is 3.75. The molecule has 0 aromatic heterocycles. The predicted octanol–water partition coefficient (Wildman–Crippen LogP) is 1.76. The van der Waals surface area contributed by atoms with Crippen LogP contribution >= 0.6 is 15.9 Å². The molecule has 5 nitrogen and oxygen atoms in total. The van der Waals surface area contributed by atoms with E-state index in [1.165, 1.54) is 20.1 Å². The summed E-state index contributed by atoms with van der Waals surface area (Å²) in [6.07, 6.45) is 0. The van der Waals surface area contributed by atoms with Gasteiger partial charge in [-0.1, -0.05) is 15.9 Å². The molecule has 0 aliphatic rings. The van der Waals surface area contributed by atoms with Crippen molar-refractivity contribution >= 4 is 27.5 Å². The van der Waals surface area contributed by atoms with Crippen LogP contribution in [-0.4, -0.2) is 18.1 Å². The van der Waals surface area contributed by atoms with Gasteiger partial charge in [0, 0.05) is 23.5 Å². The number of nitrogens with one attached hydrogen (secondary N) is 2. The molecule has 0 aliphatic heterocycles. The van der Waals surface area contributed by atoms with Crippen LogP contribution in [0.2, 0.25) is 0 Å². The van der Waals surface area contributed by atoms with E-state index in [0.29, 0.717) is 12.2 Å². The Kier molecular flexibility index (Phi) is 4.72. The van der Waals surface area contributed by atoms with Crippen molar-refractivity contribution in [1.82, 2.24) is 5.48 Å². The van der Waals surface area contributed by atoms with Gasteiger partial charge in [0.1, 0.15) is 5.75 Å². The summed E-state index contributed by atoms with van der Waals surface area (Å²) in [6, 6.07) is 3.21. The van der Waals surface area contributed by atoms with Crippen LogP contribution < -0.4 is 10.8 Å². The van der Waals surface area contributed by atoms with Crippen LogP contribution in [0.25, 0.3) is 0 Å². The molecule has 0 aliphatic carbocycles. The number of amides is 1. The fourth-order valence-electron chi connectivity index (χ4n) is 1.24. The largest absolute Gasteiger partial charge is 0.506 e. The highest BCUT2D eigenvalue weighted by Crippen LogP contribution is 2.33. The van der Waals surface area contributed by atoms with E-state index in [1.807, 2.05) is 0 Å². The smallest absolute Gasteiger partial charge is 0.221 e. The third-order valence-corrected chi connectivity index (χ3v) is 2.67. The van der Waals surface area contributed by atoms with Crippen LogP contribution in [0.5, 0.6) is 5.75 Å². The highest BCUT2D eigenvalue weighted by Gasteiger charge is 2.12. The Hall–Kier alpha value is -1.11. The first-order valence-electron chi connectivity index (χ1n) is 4.60. The summed E-state index contributed by atoms with van der Waals surface area (Å²) in [6.45, 7) is 1.75. The number of halogens is 1. The fourth-order valence-corrected chi connectivity index (χ4v) is 1.71. The maximum atomic E-state index is 11.0. The highest BCUT2D eigenvalue weighted by molar-refractivity contribution is 9.10. The van der Waals surface area contributed by atoms with Crippen molar-refractivity contribution in [1.29, 1.82) is 0 Å². The first-order valence-corrected chi connectivity index (χ1v) is 5.39. The Bertz CT molecular complexity index is 396. The number of carbonyl (C=O) groups excluding carboxylic acids is 1. The molecule has 0 unspecified atom stereocenters. The van der Waals surface area contributed by atoms with Gasteiger partial charge in [-0.15, -0.1) is 0 Å². The molecule has 0 fully saturated rings. The zero-order valence-corrected chi connectivity index (χ0v) is 10.6. The molecular weight excluding hydrogens is 276 g/mol. The van der Waals surface area contributed by atoms with Crippen molar-refractivity contribution < 1.29 is 14.7 Å². The van der Waals surface area contributed by atoms with Gasteiger partial charge in [-0.3, -0.25) is 4.79 Å². The SMILES string of the molecule is CONCc1c(Br)ccc(O)c1NC(C)=O. The number of phenolic OH excluding ortho intramolecular Hbond substituents is 1.